The average Bonchev–Trinajstić information content (AvgIpc) is 2.75. The highest BCUT2D eigenvalue weighted by atomic mass is 16.1. The van der Waals surface area contributed by atoms with Gasteiger partial charge in [0.2, 0.25) is 0 Å². The second-order valence-corrected chi connectivity index (χ2v) is 4.35. The Morgan fingerprint density at radius 1 is 1.39 bits per heavy atom. The molecule has 0 saturated heterocycles. The van der Waals surface area contributed by atoms with Crippen molar-refractivity contribution in [2.45, 2.75) is 13.3 Å². The van der Waals surface area contributed by atoms with Crippen LogP contribution < -0.4 is 5.32 Å². The fourth-order valence-corrected chi connectivity index (χ4v) is 1.82. The van der Waals surface area contributed by atoms with Crippen LogP contribution in [0.25, 0.3) is 0 Å². The Balaban J connectivity index is 1.87. The Morgan fingerprint density at radius 2 is 2.17 bits per heavy atom. The molecule has 0 unspecified atom stereocenters. The summed E-state index contributed by atoms with van der Waals surface area (Å²) in [7, 11) is 1.93. The molecule has 1 N–H and O–H groups in total. The number of nitrogens with zero attached hydrogens (tertiary/aromatic N) is 2. The molecule has 0 aliphatic rings. The highest BCUT2D eigenvalue weighted by Crippen LogP contribution is 2.06. The summed E-state index contributed by atoms with van der Waals surface area (Å²) in [6.07, 6.45) is 4.47. The van der Waals surface area contributed by atoms with Gasteiger partial charge in [0.1, 0.15) is 0 Å². The predicted octanol–water partition coefficient (Wildman–Crippen LogP) is 1.70. The van der Waals surface area contributed by atoms with Crippen LogP contribution >= 0.6 is 0 Å². The van der Waals surface area contributed by atoms with E-state index in [1.54, 1.807) is 6.33 Å². The first-order valence-electron chi connectivity index (χ1n) is 5.97. The van der Waals surface area contributed by atoms with E-state index in [4.69, 9.17) is 0 Å². The number of hydrogen-bond donors (Lipinski definition) is 1. The minimum Gasteiger partial charge on any atom is -0.352 e. The van der Waals surface area contributed by atoms with Crippen molar-refractivity contribution < 1.29 is 4.79 Å². The van der Waals surface area contributed by atoms with E-state index in [0.29, 0.717) is 6.54 Å². The lowest BCUT2D eigenvalue weighted by Gasteiger charge is -2.06. The van der Waals surface area contributed by atoms with Gasteiger partial charge in [-0.05, 0) is 18.6 Å². The second kappa shape index (κ2) is 5.49. The van der Waals surface area contributed by atoms with Crippen molar-refractivity contribution >= 4 is 5.91 Å². The minimum absolute atomic E-state index is 0.0240. The number of hydrogen-bond acceptors (Lipinski definition) is 2. The van der Waals surface area contributed by atoms with Crippen LogP contribution in [0.4, 0.5) is 0 Å². The standard InChI is InChI=1S/C14H17N3O/c1-11-5-3-4-6-13(11)14(18)15-8-7-12-9-17(2)10-16-12/h3-6,9-10H,7-8H2,1-2H3,(H,15,18). The first kappa shape index (κ1) is 12.4. The molecule has 4 heteroatoms. The van der Waals surface area contributed by atoms with Crippen LogP contribution in [0.2, 0.25) is 0 Å². The molecule has 0 aliphatic carbocycles. The van der Waals surface area contributed by atoms with Crippen LogP contribution in [-0.2, 0) is 13.5 Å². The molecule has 1 aromatic carbocycles. The largest absolute Gasteiger partial charge is 0.352 e. The fourth-order valence-electron chi connectivity index (χ4n) is 1.82. The van der Waals surface area contributed by atoms with Gasteiger partial charge in [0.05, 0.1) is 12.0 Å². The van der Waals surface area contributed by atoms with E-state index in [1.807, 2.05) is 49.0 Å². The zero-order valence-electron chi connectivity index (χ0n) is 10.7. The number of benzene rings is 1. The lowest BCUT2D eigenvalue weighted by atomic mass is 10.1. The van der Waals surface area contributed by atoms with Crippen LogP contribution in [0.5, 0.6) is 0 Å². The molecule has 94 valence electrons. The molecule has 0 aliphatic heterocycles. The van der Waals surface area contributed by atoms with Gasteiger partial charge in [-0.3, -0.25) is 4.79 Å². The highest BCUT2D eigenvalue weighted by molar-refractivity contribution is 5.95. The third-order valence-electron chi connectivity index (χ3n) is 2.81. The predicted molar refractivity (Wildman–Crippen MR) is 70.4 cm³/mol. The van der Waals surface area contributed by atoms with Gasteiger partial charge < -0.3 is 9.88 Å². The van der Waals surface area contributed by atoms with Crippen LogP contribution in [0.1, 0.15) is 21.6 Å². The second-order valence-electron chi connectivity index (χ2n) is 4.35. The Kier molecular flexibility index (Phi) is 3.77. The lowest BCUT2D eigenvalue weighted by Crippen LogP contribution is -2.26. The SMILES string of the molecule is Cc1ccccc1C(=O)NCCc1cn(C)cn1. The van der Waals surface area contributed by atoms with Crippen LogP contribution in [-0.4, -0.2) is 22.0 Å². The molecule has 0 spiro atoms. The first-order valence-corrected chi connectivity index (χ1v) is 5.97. The number of nitrogens with one attached hydrogen (secondary N) is 1. The number of amides is 1. The zero-order chi connectivity index (χ0) is 13.0. The topological polar surface area (TPSA) is 46.9 Å². The van der Waals surface area contributed by atoms with Gasteiger partial charge in [-0.1, -0.05) is 18.2 Å². The Labute approximate surface area is 107 Å². The van der Waals surface area contributed by atoms with Crippen LogP contribution in [0.15, 0.2) is 36.8 Å². The van der Waals surface area contributed by atoms with E-state index in [9.17, 15) is 4.79 Å². The molecule has 0 atom stereocenters. The third-order valence-corrected chi connectivity index (χ3v) is 2.81. The number of carbonyl (C=O) groups is 1. The molecule has 0 radical (unpaired) electrons. The number of carbonyl (C=O) groups excluding carboxylic acids is 1. The van der Waals surface area contributed by atoms with Crippen molar-refractivity contribution in [1.29, 1.82) is 0 Å². The van der Waals surface area contributed by atoms with E-state index in [0.717, 1.165) is 23.2 Å². The number of imidazole rings is 1. The maximum absolute atomic E-state index is 11.9. The first-order chi connectivity index (χ1) is 8.66. The summed E-state index contributed by atoms with van der Waals surface area (Å²) in [5, 5.41) is 2.91. The lowest BCUT2D eigenvalue weighted by molar-refractivity contribution is 0.0953. The molecule has 1 aromatic heterocycles. The summed E-state index contributed by atoms with van der Waals surface area (Å²) in [5.41, 5.74) is 2.72. The van der Waals surface area contributed by atoms with E-state index in [1.165, 1.54) is 0 Å². The van der Waals surface area contributed by atoms with Gasteiger partial charge in [0, 0.05) is 31.8 Å². The maximum atomic E-state index is 11.9. The molecular formula is C14H17N3O. The summed E-state index contributed by atoms with van der Waals surface area (Å²) < 4.78 is 1.90. The van der Waals surface area contributed by atoms with Gasteiger partial charge in [0.25, 0.3) is 5.91 Å². The van der Waals surface area contributed by atoms with Crippen molar-refractivity contribution in [3.63, 3.8) is 0 Å². The van der Waals surface area contributed by atoms with Gasteiger partial charge in [0.15, 0.2) is 0 Å². The highest BCUT2D eigenvalue weighted by Gasteiger charge is 2.07. The fraction of sp³-hybridized carbons (Fsp3) is 0.286. The maximum Gasteiger partial charge on any atom is 0.251 e. The zero-order valence-corrected chi connectivity index (χ0v) is 10.7. The third kappa shape index (κ3) is 2.97. The molecule has 4 nitrogen and oxygen atoms in total. The molecule has 0 bridgehead atoms. The molecule has 0 saturated carbocycles. The smallest absolute Gasteiger partial charge is 0.251 e. The Morgan fingerprint density at radius 3 is 2.83 bits per heavy atom. The van der Waals surface area contributed by atoms with E-state index in [-0.39, 0.29) is 5.91 Å². The monoisotopic (exact) mass is 243 g/mol. The minimum atomic E-state index is -0.0240. The Bertz CT molecular complexity index is 545. The molecule has 18 heavy (non-hydrogen) atoms. The van der Waals surface area contributed by atoms with Crippen molar-refractivity contribution in [3.05, 3.63) is 53.6 Å². The van der Waals surface area contributed by atoms with E-state index in [2.05, 4.69) is 10.3 Å². The Hall–Kier alpha value is -2.10. The number of rotatable bonds is 4. The van der Waals surface area contributed by atoms with Crippen molar-refractivity contribution in [1.82, 2.24) is 14.9 Å². The molecule has 1 heterocycles. The van der Waals surface area contributed by atoms with E-state index < -0.39 is 0 Å². The summed E-state index contributed by atoms with van der Waals surface area (Å²) in [4.78, 5) is 16.1. The van der Waals surface area contributed by atoms with Crippen molar-refractivity contribution in [2.24, 2.45) is 7.05 Å². The summed E-state index contributed by atoms with van der Waals surface area (Å²) in [6.45, 7) is 2.54. The molecule has 1 amide bonds. The summed E-state index contributed by atoms with van der Waals surface area (Å²) in [6, 6.07) is 7.58. The van der Waals surface area contributed by atoms with E-state index >= 15 is 0 Å². The molecule has 0 fully saturated rings. The van der Waals surface area contributed by atoms with Gasteiger partial charge >= 0.3 is 0 Å². The number of aromatic nitrogens is 2. The van der Waals surface area contributed by atoms with Crippen molar-refractivity contribution in [2.75, 3.05) is 6.54 Å². The summed E-state index contributed by atoms with van der Waals surface area (Å²) >= 11 is 0. The summed E-state index contributed by atoms with van der Waals surface area (Å²) in [5.74, 6) is -0.0240. The normalized spacial score (nSPS) is 10.3. The molecule has 2 rings (SSSR count). The van der Waals surface area contributed by atoms with Crippen LogP contribution in [0.3, 0.4) is 0 Å². The average molecular weight is 243 g/mol. The molecular weight excluding hydrogens is 226 g/mol. The quantitative estimate of drug-likeness (QED) is 0.888. The van der Waals surface area contributed by atoms with Gasteiger partial charge in [-0.2, -0.15) is 0 Å². The van der Waals surface area contributed by atoms with Gasteiger partial charge in [-0.15, -0.1) is 0 Å². The molecule has 2 aromatic rings. The van der Waals surface area contributed by atoms with Crippen LogP contribution in [0, 0.1) is 6.92 Å². The van der Waals surface area contributed by atoms with Crippen molar-refractivity contribution in [3.8, 4) is 0 Å². The number of aryl methyl sites for hydroxylation is 2. The van der Waals surface area contributed by atoms with Gasteiger partial charge in [-0.25, -0.2) is 4.98 Å².